The summed E-state index contributed by atoms with van der Waals surface area (Å²) in [6.45, 7) is 4.13. The predicted molar refractivity (Wildman–Crippen MR) is 67.5 cm³/mol. The van der Waals surface area contributed by atoms with Gasteiger partial charge >= 0.3 is 5.97 Å². The summed E-state index contributed by atoms with van der Waals surface area (Å²) < 4.78 is 4.87. The van der Waals surface area contributed by atoms with Crippen LogP contribution in [0.1, 0.15) is 23.6 Å². The fraction of sp³-hybridized carbons (Fsp3) is 0.357. The van der Waals surface area contributed by atoms with Crippen molar-refractivity contribution in [3.05, 3.63) is 41.0 Å². The largest absolute Gasteiger partial charge is 0.463 e. The first-order valence-electron chi connectivity index (χ1n) is 5.97. The van der Waals surface area contributed by atoms with Gasteiger partial charge in [-0.3, -0.25) is 0 Å². The molecule has 3 heteroatoms. The Morgan fingerprint density at radius 2 is 2.41 bits per heavy atom. The average Bonchev–Trinajstić information content (AvgIpc) is 2.36. The Bertz CT molecular complexity index is 438. The third-order valence-electron chi connectivity index (χ3n) is 2.86. The molecule has 3 nitrogen and oxygen atoms in total. The van der Waals surface area contributed by atoms with E-state index in [1.807, 2.05) is 25.1 Å². The van der Waals surface area contributed by atoms with Crippen LogP contribution in [0.15, 0.2) is 24.3 Å². The highest BCUT2D eigenvalue weighted by molar-refractivity contribution is 5.87. The second-order valence-corrected chi connectivity index (χ2v) is 4.00. The molecule has 1 aliphatic heterocycles. The first-order valence-corrected chi connectivity index (χ1v) is 5.97. The summed E-state index contributed by atoms with van der Waals surface area (Å²) in [7, 11) is 0. The zero-order chi connectivity index (χ0) is 12.1. The number of esters is 1. The van der Waals surface area contributed by atoms with Gasteiger partial charge in [0.15, 0.2) is 0 Å². The summed E-state index contributed by atoms with van der Waals surface area (Å²) in [6.07, 6.45) is 4.36. The average molecular weight is 231 g/mol. The minimum Gasteiger partial charge on any atom is -0.463 e. The van der Waals surface area contributed by atoms with Crippen LogP contribution >= 0.6 is 0 Å². The zero-order valence-corrected chi connectivity index (χ0v) is 10.0. The lowest BCUT2D eigenvalue weighted by molar-refractivity contribution is -0.137. The predicted octanol–water partition coefficient (Wildman–Crippen LogP) is 1.91. The molecule has 1 aromatic carbocycles. The highest BCUT2D eigenvalue weighted by atomic mass is 16.5. The van der Waals surface area contributed by atoms with Gasteiger partial charge in [0.25, 0.3) is 0 Å². The maximum atomic E-state index is 11.3. The van der Waals surface area contributed by atoms with Crippen molar-refractivity contribution in [2.75, 3.05) is 13.2 Å². The number of hydrogen-bond acceptors (Lipinski definition) is 3. The molecule has 0 aromatic heterocycles. The summed E-state index contributed by atoms with van der Waals surface area (Å²) in [6, 6.07) is 6.19. The van der Waals surface area contributed by atoms with Gasteiger partial charge in [-0.1, -0.05) is 18.2 Å². The lowest BCUT2D eigenvalue weighted by atomic mass is 9.95. The fourth-order valence-electron chi connectivity index (χ4n) is 2.07. The molecular formula is C14H17NO2. The van der Waals surface area contributed by atoms with Gasteiger partial charge in [0, 0.05) is 12.6 Å². The van der Waals surface area contributed by atoms with E-state index in [1.54, 1.807) is 0 Å². The van der Waals surface area contributed by atoms with Crippen molar-refractivity contribution in [1.29, 1.82) is 0 Å². The SMILES string of the molecule is CCOC(=O)C=Cc1cccc2c1CCNC2. The van der Waals surface area contributed by atoms with Crippen molar-refractivity contribution in [2.24, 2.45) is 0 Å². The molecule has 2 rings (SSSR count). The number of carbonyl (C=O) groups excluding carboxylic acids is 1. The Morgan fingerprint density at radius 1 is 1.53 bits per heavy atom. The van der Waals surface area contributed by atoms with Gasteiger partial charge in [-0.15, -0.1) is 0 Å². The second kappa shape index (κ2) is 5.64. The molecule has 0 fully saturated rings. The van der Waals surface area contributed by atoms with Crippen LogP contribution in [-0.4, -0.2) is 19.1 Å². The lowest BCUT2D eigenvalue weighted by Crippen LogP contribution is -2.24. The molecule has 90 valence electrons. The van der Waals surface area contributed by atoms with Crippen molar-refractivity contribution in [2.45, 2.75) is 19.9 Å². The molecule has 0 bridgehead atoms. The lowest BCUT2D eigenvalue weighted by Gasteiger charge is -2.18. The number of carbonyl (C=O) groups is 1. The molecule has 17 heavy (non-hydrogen) atoms. The minimum absolute atomic E-state index is 0.279. The summed E-state index contributed by atoms with van der Waals surface area (Å²) >= 11 is 0. The van der Waals surface area contributed by atoms with Crippen molar-refractivity contribution in [3.63, 3.8) is 0 Å². The highest BCUT2D eigenvalue weighted by Gasteiger charge is 2.10. The molecule has 0 unspecified atom stereocenters. The molecular weight excluding hydrogens is 214 g/mol. The van der Waals surface area contributed by atoms with Crippen molar-refractivity contribution < 1.29 is 9.53 Å². The summed E-state index contributed by atoms with van der Waals surface area (Å²) in [4.78, 5) is 11.3. The Morgan fingerprint density at radius 3 is 3.24 bits per heavy atom. The first kappa shape index (κ1) is 11.9. The van der Waals surface area contributed by atoms with Crippen LogP contribution in [0.4, 0.5) is 0 Å². The van der Waals surface area contributed by atoms with Crippen molar-refractivity contribution >= 4 is 12.0 Å². The maximum Gasteiger partial charge on any atom is 0.330 e. The van der Waals surface area contributed by atoms with Crippen LogP contribution in [0.2, 0.25) is 0 Å². The third kappa shape index (κ3) is 2.94. The van der Waals surface area contributed by atoms with Gasteiger partial charge in [0.1, 0.15) is 0 Å². The fourth-order valence-corrected chi connectivity index (χ4v) is 2.07. The van der Waals surface area contributed by atoms with E-state index in [1.165, 1.54) is 17.2 Å². The second-order valence-electron chi connectivity index (χ2n) is 4.00. The van der Waals surface area contributed by atoms with E-state index >= 15 is 0 Å². The van der Waals surface area contributed by atoms with E-state index in [-0.39, 0.29) is 5.97 Å². The van der Waals surface area contributed by atoms with E-state index < -0.39 is 0 Å². The Balaban J connectivity index is 2.18. The summed E-state index contributed by atoms with van der Waals surface area (Å²) in [5.41, 5.74) is 3.78. The van der Waals surface area contributed by atoms with Gasteiger partial charge in [-0.05, 0) is 42.7 Å². The number of hydrogen-bond donors (Lipinski definition) is 1. The molecule has 0 amide bonds. The van der Waals surface area contributed by atoms with Crippen LogP contribution in [0, 0.1) is 0 Å². The van der Waals surface area contributed by atoms with Crippen LogP contribution in [0.5, 0.6) is 0 Å². The smallest absolute Gasteiger partial charge is 0.330 e. The molecule has 1 heterocycles. The molecule has 0 aliphatic carbocycles. The molecule has 0 saturated heterocycles. The summed E-state index contributed by atoms with van der Waals surface area (Å²) in [5, 5.41) is 3.34. The summed E-state index contributed by atoms with van der Waals surface area (Å²) in [5.74, 6) is -0.279. The van der Waals surface area contributed by atoms with Gasteiger partial charge < -0.3 is 10.1 Å². The molecule has 0 atom stereocenters. The van der Waals surface area contributed by atoms with E-state index in [9.17, 15) is 4.79 Å². The number of fused-ring (bicyclic) bond motifs is 1. The zero-order valence-electron chi connectivity index (χ0n) is 10.0. The normalized spacial score (nSPS) is 14.6. The Hall–Kier alpha value is -1.61. The van der Waals surface area contributed by atoms with Crippen LogP contribution in [0.25, 0.3) is 6.08 Å². The van der Waals surface area contributed by atoms with E-state index in [2.05, 4.69) is 11.4 Å². The maximum absolute atomic E-state index is 11.3. The van der Waals surface area contributed by atoms with Crippen molar-refractivity contribution in [3.8, 4) is 0 Å². The number of benzene rings is 1. The van der Waals surface area contributed by atoms with Crippen LogP contribution < -0.4 is 5.32 Å². The molecule has 1 aliphatic rings. The Kier molecular flexibility index (Phi) is 3.94. The van der Waals surface area contributed by atoms with Gasteiger partial charge in [0.2, 0.25) is 0 Å². The van der Waals surface area contributed by atoms with E-state index in [0.717, 1.165) is 25.1 Å². The van der Waals surface area contributed by atoms with E-state index in [4.69, 9.17) is 4.74 Å². The Labute approximate surface area is 101 Å². The standard InChI is InChI=1S/C14H17NO2/c1-2-17-14(16)7-6-11-4-3-5-12-10-15-9-8-13(11)12/h3-7,15H,2,8-10H2,1H3. The molecule has 0 spiro atoms. The quantitative estimate of drug-likeness (QED) is 0.638. The molecule has 0 saturated carbocycles. The monoisotopic (exact) mass is 231 g/mol. The van der Waals surface area contributed by atoms with Crippen molar-refractivity contribution in [1.82, 2.24) is 5.32 Å². The van der Waals surface area contributed by atoms with E-state index in [0.29, 0.717) is 6.61 Å². The highest BCUT2D eigenvalue weighted by Crippen LogP contribution is 2.19. The van der Waals surface area contributed by atoms with Gasteiger partial charge in [-0.2, -0.15) is 0 Å². The first-order chi connectivity index (χ1) is 8.31. The topological polar surface area (TPSA) is 38.3 Å². The third-order valence-corrected chi connectivity index (χ3v) is 2.86. The number of ether oxygens (including phenoxy) is 1. The van der Waals surface area contributed by atoms with Crippen LogP contribution in [0.3, 0.4) is 0 Å². The van der Waals surface area contributed by atoms with Gasteiger partial charge in [-0.25, -0.2) is 4.79 Å². The number of rotatable bonds is 3. The van der Waals surface area contributed by atoms with Crippen LogP contribution in [-0.2, 0) is 22.5 Å². The molecule has 0 radical (unpaired) electrons. The number of nitrogens with one attached hydrogen (secondary N) is 1. The minimum atomic E-state index is -0.279. The van der Waals surface area contributed by atoms with Gasteiger partial charge in [0.05, 0.1) is 6.61 Å². The molecule has 1 N–H and O–H groups in total. The molecule has 1 aromatic rings.